The van der Waals surface area contributed by atoms with Crippen LogP contribution in [0.1, 0.15) is 36.5 Å². The Kier molecular flexibility index (Phi) is 5.51. The third-order valence-corrected chi connectivity index (χ3v) is 6.44. The number of rotatable bonds is 4. The summed E-state index contributed by atoms with van der Waals surface area (Å²) in [5.74, 6) is 0.628. The van der Waals surface area contributed by atoms with Crippen LogP contribution >= 0.6 is 0 Å². The number of hydrogen-bond donors (Lipinski definition) is 0. The fourth-order valence-corrected chi connectivity index (χ4v) is 4.48. The van der Waals surface area contributed by atoms with Gasteiger partial charge >= 0.3 is 0 Å². The molecule has 4 nitrogen and oxygen atoms in total. The van der Waals surface area contributed by atoms with Gasteiger partial charge in [0.25, 0.3) is 0 Å². The summed E-state index contributed by atoms with van der Waals surface area (Å²) >= 11 is 0. The minimum Gasteiger partial charge on any atom is -0.308 e. The van der Waals surface area contributed by atoms with E-state index in [2.05, 4.69) is 73.0 Å². The van der Waals surface area contributed by atoms with Gasteiger partial charge in [0.15, 0.2) is 0 Å². The van der Waals surface area contributed by atoms with Crippen molar-refractivity contribution in [2.45, 2.75) is 39.3 Å². The van der Waals surface area contributed by atoms with Gasteiger partial charge in [-0.25, -0.2) is 0 Å². The van der Waals surface area contributed by atoms with Crippen molar-refractivity contribution in [3.8, 4) is 0 Å². The second-order valence-electron chi connectivity index (χ2n) is 8.39. The van der Waals surface area contributed by atoms with Crippen LogP contribution in [0, 0.1) is 6.92 Å². The molecule has 28 heavy (non-hydrogen) atoms. The van der Waals surface area contributed by atoms with Crippen LogP contribution in [0.3, 0.4) is 0 Å². The number of para-hydroxylation sites is 1. The molecule has 0 aromatic heterocycles. The Morgan fingerprint density at radius 2 is 1.57 bits per heavy atom. The Balaban J connectivity index is 1.32. The highest BCUT2D eigenvalue weighted by Gasteiger charge is 2.36. The van der Waals surface area contributed by atoms with Gasteiger partial charge in [-0.3, -0.25) is 14.6 Å². The lowest BCUT2D eigenvalue weighted by atomic mass is 9.98. The van der Waals surface area contributed by atoms with E-state index in [-0.39, 0.29) is 11.9 Å². The van der Waals surface area contributed by atoms with Crippen LogP contribution in [-0.2, 0) is 11.3 Å². The zero-order valence-electron chi connectivity index (χ0n) is 17.3. The van der Waals surface area contributed by atoms with Crippen LogP contribution in [0.25, 0.3) is 0 Å². The molecule has 2 heterocycles. The molecule has 1 amide bonds. The van der Waals surface area contributed by atoms with Crippen molar-refractivity contribution in [3.63, 3.8) is 0 Å². The summed E-state index contributed by atoms with van der Waals surface area (Å²) < 4.78 is 0. The Hall–Kier alpha value is -2.17. The van der Waals surface area contributed by atoms with Gasteiger partial charge in [0.2, 0.25) is 5.91 Å². The number of nitrogens with zero attached hydrogens (tertiary/aromatic N) is 3. The molecule has 0 bridgehead atoms. The predicted octanol–water partition coefficient (Wildman–Crippen LogP) is 3.65. The average molecular weight is 378 g/mol. The van der Waals surface area contributed by atoms with Crippen LogP contribution in [0.5, 0.6) is 0 Å². The molecule has 148 valence electrons. The highest BCUT2D eigenvalue weighted by Crippen LogP contribution is 2.40. The SMILES string of the molecule is Cc1ccc(CN2CCN(CC(=O)N3c4ccccc4[C@@H](C)[C@H]3C)CC2)cc1. The first kappa shape index (κ1) is 19.2. The number of anilines is 1. The van der Waals surface area contributed by atoms with E-state index >= 15 is 0 Å². The number of fused-ring (bicyclic) bond motifs is 1. The minimum atomic E-state index is 0.229. The molecular formula is C24H31N3O. The Morgan fingerprint density at radius 3 is 2.29 bits per heavy atom. The zero-order chi connectivity index (χ0) is 19.7. The molecule has 2 aromatic carbocycles. The summed E-state index contributed by atoms with van der Waals surface area (Å²) in [5, 5.41) is 0. The van der Waals surface area contributed by atoms with Crippen LogP contribution in [0.4, 0.5) is 5.69 Å². The van der Waals surface area contributed by atoms with Crippen LogP contribution in [0.15, 0.2) is 48.5 Å². The standard InChI is InChI=1S/C24H31N3O/c1-18-8-10-21(11-9-18)16-25-12-14-26(15-13-25)17-24(28)27-20(3)19(2)22-6-4-5-7-23(22)27/h4-11,19-20H,12-17H2,1-3H3/t19-,20+/m0/s1. The first-order valence-corrected chi connectivity index (χ1v) is 10.4. The Labute approximate surface area is 168 Å². The third-order valence-electron chi connectivity index (χ3n) is 6.44. The molecule has 2 atom stereocenters. The maximum Gasteiger partial charge on any atom is 0.241 e. The summed E-state index contributed by atoms with van der Waals surface area (Å²) in [4.78, 5) is 19.9. The van der Waals surface area contributed by atoms with Crippen LogP contribution < -0.4 is 4.90 Å². The highest BCUT2D eigenvalue weighted by molar-refractivity contribution is 5.97. The molecule has 0 N–H and O–H groups in total. The van der Waals surface area contributed by atoms with Crippen molar-refractivity contribution in [1.82, 2.24) is 9.80 Å². The predicted molar refractivity (Wildman–Crippen MR) is 115 cm³/mol. The van der Waals surface area contributed by atoms with E-state index in [1.807, 2.05) is 11.0 Å². The Morgan fingerprint density at radius 1 is 0.929 bits per heavy atom. The smallest absolute Gasteiger partial charge is 0.241 e. The van der Waals surface area contributed by atoms with Gasteiger partial charge in [-0.1, -0.05) is 55.0 Å². The minimum absolute atomic E-state index is 0.229. The second kappa shape index (κ2) is 8.06. The number of benzene rings is 2. The topological polar surface area (TPSA) is 26.8 Å². The van der Waals surface area contributed by atoms with Gasteiger partial charge < -0.3 is 4.90 Å². The monoisotopic (exact) mass is 377 g/mol. The molecule has 2 aliphatic heterocycles. The van der Waals surface area contributed by atoms with E-state index in [1.165, 1.54) is 16.7 Å². The lowest BCUT2D eigenvalue weighted by Crippen LogP contribution is -2.50. The van der Waals surface area contributed by atoms with Crippen LogP contribution in [0.2, 0.25) is 0 Å². The van der Waals surface area contributed by atoms with Gasteiger partial charge in [-0.15, -0.1) is 0 Å². The Bertz CT molecular complexity index is 824. The molecular weight excluding hydrogens is 346 g/mol. The summed E-state index contributed by atoms with van der Waals surface area (Å²) in [7, 11) is 0. The second-order valence-corrected chi connectivity index (χ2v) is 8.39. The van der Waals surface area contributed by atoms with E-state index in [4.69, 9.17) is 0 Å². The van der Waals surface area contributed by atoms with E-state index in [9.17, 15) is 4.79 Å². The normalized spacial score (nSPS) is 23.0. The van der Waals surface area contributed by atoms with Crippen molar-refractivity contribution >= 4 is 11.6 Å². The number of aryl methyl sites for hydroxylation is 1. The molecule has 0 spiro atoms. The fraction of sp³-hybridized carbons (Fsp3) is 0.458. The van der Waals surface area contributed by atoms with E-state index in [0.717, 1.165) is 38.4 Å². The lowest BCUT2D eigenvalue weighted by molar-refractivity contribution is -0.120. The maximum absolute atomic E-state index is 13.1. The fourth-order valence-electron chi connectivity index (χ4n) is 4.48. The van der Waals surface area contributed by atoms with Crippen molar-refractivity contribution in [3.05, 3.63) is 65.2 Å². The molecule has 1 fully saturated rings. The van der Waals surface area contributed by atoms with Crippen LogP contribution in [-0.4, -0.2) is 54.5 Å². The van der Waals surface area contributed by atoms with E-state index in [0.29, 0.717) is 12.5 Å². The van der Waals surface area contributed by atoms with Crippen molar-refractivity contribution in [2.24, 2.45) is 0 Å². The molecule has 2 aliphatic rings. The van der Waals surface area contributed by atoms with Crippen molar-refractivity contribution in [1.29, 1.82) is 0 Å². The van der Waals surface area contributed by atoms with Crippen molar-refractivity contribution in [2.75, 3.05) is 37.6 Å². The largest absolute Gasteiger partial charge is 0.308 e. The molecule has 0 radical (unpaired) electrons. The molecule has 0 unspecified atom stereocenters. The van der Waals surface area contributed by atoms with Gasteiger partial charge in [-0.2, -0.15) is 0 Å². The molecule has 2 aromatic rings. The number of carbonyl (C=O) groups is 1. The van der Waals surface area contributed by atoms with E-state index in [1.54, 1.807) is 0 Å². The lowest BCUT2D eigenvalue weighted by Gasteiger charge is -2.35. The summed E-state index contributed by atoms with van der Waals surface area (Å²) in [6.07, 6.45) is 0. The summed E-state index contributed by atoms with van der Waals surface area (Å²) in [6.45, 7) is 12.0. The number of carbonyl (C=O) groups excluding carboxylic acids is 1. The number of piperazine rings is 1. The molecule has 4 heteroatoms. The molecule has 1 saturated heterocycles. The molecule has 0 saturated carbocycles. The zero-order valence-corrected chi connectivity index (χ0v) is 17.3. The summed E-state index contributed by atoms with van der Waals surface area (Å²) in [5.41, 5.74) is 5.07. The maximum atomic E-state index is 13.1. The van der Waals surface area contributed by atoms with Gasteiger partial charge in [0, 0.05) is 50.4 Å². The van der Waals surface area contributed by atoms with Gasteiger partial charge in [-0.05, 0) is 31.0 Å². The van der Waals surface area contributed by atoms with E-state index < -0.39 is 0 Å². The first-order valence-electron chi connectivity index (χ1n) is 10.4. The molecule has 4 rings (SSSR count). The average Bonchev–Trinajstić information content (AvgIpc) is 2.96. The van der Waals surface area contributed by atoms with Crippen molar-refractivity contribution < 1.29 is 4.79 Å². The highest BCUT2D eigenvalue weighted by atomic mass is 16.2. The first-order chi connectivity index (χ1) is 13.5. The van der Waals surface area contributed by atoms with Gasteiger partial charge in [0.05, 0.1) is 6.54 Å². The number of amides is 1. The van der Waals surface area contributed by atoms with Gasteiger partial charge in [0.1, 0.15) is 0 Å². The molecule has 0 aliphatic carbocycles. The number of hydrogen-bond acceptors (Lipinski definition) is 3. The quantitative estimate of drug-likeness (QED) is 0.814. The third kappa shape index (κ3) is 3.85. The summed E-state index contributed by atoms with van der Waals surface area (Å²) in [6, 6.07) is 17.4.